The molecule has 1 amide bonds. The van der Waals surface area contributed by atoms with Crippen molar-refractivity contribution in [1.82, 2.24) is 0 Å². The van der Waals surface area contributed by atoms with Crippen LogP contribution in [0.2, 0.25) is 0 Å². The molecule has 0 saturated carbocycles. The first-order valence-corrected chi connectivity index (χ1v) is 8.45. The number of hydrogen-bond donors (Lipinski definition) is 1. The summed E-state index contributed by atoms with van der Waals surface area (Å²) in [4.78, 5) is 12.0. The second-order valence-electron chi connectivity index (χ2n) is 6.22. The smallest absolute Gasteiger partial charge is 0.417 e. The fourth-order valence-electron chi connectivity index (χ4n) is 2.70. The van der Waals surface area contributed by atoms with Crippen molar-refractivity contribution in [2.45, 2.75) is 25.9 Å². The molecule has 6 heteroatoms. The van der Waals surface area contributed by atoms with Gasteiger partial charge in [0.25, 0.3) is 0 Å². The Kier molecular flexibility index (Phi) is 5.35. The standard InChI is InChI=1S/C21H18F3NO2/c1-14-6-8-15(9-7-14)25-20(26)13-11-16-10-12-19(27-16)17-4-2-3-5-18(17)21(22,23)24/h2-10,12H,11,13H2,1H3,(H,25,26). The SMILES string of the molecule is Cc1ccc(NC(=O)CCc2ccc(-c3ccccc3C(F)(F)F)o2)cc1. The summed E-state index contributed by atoms with van der Waals surface area (Å²) in [6, 6.07) is 15.8. The average molecular weight is 373 g/mol. The van der Waals surface area contributed by atoms with Crippen LogP contribution in [0.4, 0.5) is 18.9 Å². The third kappa shape index (κ3) is 4.78. The Morgan fingerprint density at radius 3 is 2.41 bits per heavy atom. The van der Waals surface area contributed by atoms with Crippen molar-refractivity contribution < 1.29 is 22.4 Å². The normalized spacial score (nSPS) is 11.4. The summed E-state index contributed by atoms with van der Waals surface area (Å²) in [5, 5.41) is 2.78. The first-order chi connectivity index (χ1) is 12.8. The van der Waals surface area contributed by atoms with Crippen LogP contribution in [0.1, 0.15) is 23.3 Å². The summed E-state index contributed by atoms with van der Waals surface area (Å²) in [5.41, 5.74) is 1.03. The van der Waals surface area contributed by atoms with Crippen LogP contribution in [0.3, 0.4) is 0 Å². The zero-order valence-corrected chi connectivity index (χ0v) is 14.6. The first-order valence-electron chi connectivity index (χ1n) is 8.45. The molecule has 0 aliphatic rings. The van der Waals surface area contributed by atoms with E-state index in [0.29, 0.717) is 17.9 Å². The van der Waals surface area contributed by atoms with Crippen molar-refractivity contribution in [3.8, 4) is 11.3 Å². The molecule has 0 atom stereocenters. The van der Waals surface area contributed by atoms with Crippen molar-refractivity contribution in [1.29, 1.82) is 0 Å². The van der Waals surface area contributed by atoms with Gasteiger partial charge in [-0.15, -0.1) is 0 Å². The highest BCUT2D eigenvalue weighted by Crippen LogP contribution is 2.37. The van der Waals surface area contributed by atoms with Crippen LogP contribution in [-0.2, 0) is 17.4 Å². The van der Waals surface area contributed by atoms with E-state index < -0.39 is 11.7 Å². The number of halogens is 3. The Morgan fingerprint density at radius 2 is 1.70 bits per heavy atom. The van der Waals surface area contributed by atoms with Gasteiger partial charge in [0.15, 0.2) is 0 Å². The highest BCUT2D eigenvalue weighted by atomic mass is 19.4. The zero-order valence-electron chi connectivity index (χ0n) is 14.6. The van der Waals surface area contributed by atoms with E-state index in [9.17, 15) is 18.0 Å². The number of aryl methyl sites for hydroxylation is 2. The quantitative estimate of drug-likeness (QED) is 0.610. The molecule has 0 fully saturated rings. The van der Waals surface area contributed by atoms with Gasteiger partial charge < -0.3 is 9.73 Å². The lowest BCUT2D eigenvalue weighted by Gasteiger charge is -2.10. The molecule has 1 heterocycles. The second-order valence-corrected chi connectivity index (χ2v) is 6.22. The Bertz CT molecular complexity index is 927. The highest BCUT2D eigenvalue weighted by Gasteiger charge is 2.34. The maximum Gasteiger partial charge on any atom is 0.417 e. The third-order valence-electron chi connectivity index (χ3n) is 4.09. The van der Waals surface area contributed by atoms with Crippen LogP contribution >= 0.6 is 0 Å². The van der Waals surface area contributed by atoms with E-state index in [-0.39, 0.29) is 23.7 Å². The second kappa shape index (κ2) is 7.70. The number of rotatable bonds is 5. The van der Waals surface area contributed by atoms with E-state index in [1.807, 2.05) is 31.2 Å². The molecule has 1 N–H and O–H groups in total. The Morgan fingerprint density at radius 1 is 1.00 bits per heavy atom. The number of hydrogen-bond acceptors (Lipinski definition) is 2. The highest BCUT2D eigenvalue weighted by molar-refractivity contribution is 5.90. The minimum atomic E-state index is -4.46. The molecule has 0 bridgehead atoms. The van der Waals surface area contributed by atoms with Gasteiger partial charge in [0, 0.05) is 24.1 Å². The average Bonchev–Trinajstić information content (AvgIpc) is 3.10. The number of carbonyl (C=O) groups is 1. The molecule has 2 aromatic carbocycles. The Balaban J connectivity index is 1.65. The predicted octanol–water partition coefficient (Wildman–Crippen LogP) is 5.85. The van der Waals surface area contributed by atoms with Crippen LogP contribution in [0.5, 0.6) is 0 Å². The van der Waals surface area contributed by atoms with Crippen molar-refractivity contribution in [2.75, 3.05) is 5.32 Å². The lowest BCUT2D eigenvalue weighted by Crippen LogP contribution is -2.12. The molecule has 0 unspecified atom stereocenters. The third-order valence-corrected chi connectivity index (χ3v) is 4.09. The summed E-state index contributed by atoms with van der Waals surface area (Å²) >= 11 is 0. The molecule has 0 aliphatic carbocycles. The zero-order chi connectivity index (χ0) is 19.4. The minimum Gasteiger partial charge on any atom is -0.461 e. The van der Waals surface area contributed by atoms with E-state index in [1.165, 1.54) is 24.3 Å². The lowest BCUT2D eigenvalue weighted by molar-refractivity contribution is -0.137. The molecule has 140 valence electrons. The topological polar surface area (TPSA) is 42.2 Å². The fourth-order valence-corrected chi connectivity index (χ4v) is 2.70. The maximum atomic E-state index is 13.1. The summed E-state index contributed by atoms with van der Waals surface area (Å²) in [7, 11) is 0. The number of amides is 1. The molecule has 3 nitrogen and oxygen atoms in total. The van der Waals surface area contributed by atoms with Gasteiger partial charge in [-0.25, -0.2) is 0 Å². The van der Waals surface area contributed by atoms with Crippen molar-refractivity contribution in [3.05, 3.63) is 77.6 Å². The number of furan rings is 1. The van der Waals surface area contributed by atoms with Crippen LogP contribution in [-0.4, -0.2) is 5.91 Å². The van der Waals surface area contributed by atoms with Gasteiger partial charge in [-0.3, -0.25) is 4.79 Å². The number of alkyl halides is 3. The van der Waals surface area contributed by atoms with Crippen molar-refractivity contribution in [3.63, 3.8) is 0 Å². The first kappa shape index (κ1) is 18.8. The van der Waals surface area contributed by atoms with Crippen LogP contribution < -0.4 is 5.32 Å². The Hall–Kier alpha value is -3.02. The van der Waals surface area contributed by atoms with Gasteiger partial charge in [-0.05, 0) is 37.3 Å². The van der Waals surface area contributed by atoms with Gasteiger partial charge in [0.05, 0.1) is 5.56 Å². The van der Waals surface area contributed by atoms with Crippen LogP contribution in [0.25, 0.3) is 11.3 Å². The van der Waals surface area contributed by atoms with Gasteiger partial charge in [0.1, 0.15) is 11.5 Å². The summed E-state index contributed by atoms with van der Waals surface area (Å²) in [5.74, 6) is 0.408. The molecule has 0 radical (unpaired) electrons. The van der Waals surface area contributed by atoms with Crippen molar-refractivity contribution >= 4 is 11.6 Å². The monoisotopic (exact) mass is 373 g/mol. The van der Waals surface area contributed by atoms with Gasteiger partial charge in [0.2, 0.25) is 5.91 Å². The molecular weight excluding hydrogens is 355 g/mol. The largest absolute Gasteiger partial charge is 0.461 e. The molecule has 0 saturated heterocycles. The van der Waals surface area contributed by atoms with Crippen LogP contribution in [0, 0.1) is 6.92 Å². The number of benzene rings is 2. The van der Waals surface area contributed by atoms with E-state index in [0.717, 1.165) is 11.6 Å². The Labute approximate surface area is 154 Å². The molecule has 0 aliphatic heterocycles. The van der Waals surface area contributed by atoms with E-state index >= 15 is 0 Å². The molecule has 27 heavy (non-hydrogen) atoms. The number of nitrogens with one attached hydrogen (secondary N) is 1. The summed E-state index contributed by atoms with van der Waals surface area (Å²) in [6.45, 7) is 1.96. The summed E-state index contributed by atoms with van der Waals surface area (Å²) in [6.07, 6.45) is -3.99. The molecule has 1 aromatic heterocycles. The minimum absolute atomic E-state index is 0.0136. The van der Waals surface area contributed by atoms with E-state index in [2.05, 4.69) is 5.32 Å². The number of anilines is 1. The van der Waals surface area contributed by atoms with E-state index in [1.54, 1.807) is 6.07 Å². The number of carbonyl (C=O) groups excluding carboxylic acids is 1. The molecule has 3 rings (SSSR count). The molecular formula is C21H18F3NO2. The maximum absolute atomic E-state index is 13.1. The molecule has 3 aromatic rings. The summed E-state index contributed by atoms with van der Waals surface area (Å²) < 4.78 is 44.9. The van der Waals surface area contributed by atoms with Gasteiger partial charge in [-0.1, -0.05) is 35.9 Å². The van der Waals surface area contributed by atoms with Crippen molar-refractivity contribution in [2.24, 2.45) is 0 Å². The van der Waals surface area contributed by atoms with Gasteiger partial charge in [-0.2, -0.15) is 13.2 Å². The fraction of sp³-hybridized carbons (Fsp3) is 0.190. The predicted molar refractivity (Wildman–Crippen MR) is 97.3 cm³/mol. The molecule has 0 spiro atoms. The van der Waals surface area contributed by atoms with Crippen LogP contribution in [0.15, 0.2) is 65.1 Å². The lowest BCUT2D eigenvalue weighted by atomic mass is 10.1. The van der Waals surface area contributed by atoms with Gasteiger partial charge >= 0.3 is 6.18 Å². The van der Waals surface area contributed by atoms with E-state index in [4.69, 9.17) is 4.42 Å².